The van der Waals surface area contributed by atoms with E-state index in [1.807, 2.05) is 4.90 Å². The Kier molecular flexibility index (Phi) is 6.60. The number of nitro groups is 2. The van der Waals surface area contributed by atoms with E-state index in [0.717, 1.165) is 25.9 Å². The molecule has 0 saturated carbocycles. The van der Waals surface area contributed by atoms with E-state index in [2.05, 4.69) is 10.6 Å². The minimum Gasteiger partial charge on any atom is -0.495 e. The predicted octanol–water partition coefficient (Wildman–Crippen LogP) is 3.24. The molecule has 1 aliphatic heterocycles. The number of hydrogen-bond acceptors (Lipinski definition) is 8. The number of carbonyl (C=O) groups excluding carboxylic acids is 1. The second kappa shape index (κ2) is 9.34. The summed E-state index contributed by atoms with van der Waals surface area (Å²) in [6.45, 7) is 1.46. The first kappa shape index (κ1) is 21.9. The summed E-state index contributed by atoms with van der Waals surface area (Å²) in [4.78, 5) is 35.9. The number of thiocarbonyl (C=S) groups is 1. The largest absolute Gasteiger partial charge is 0.495 e. The molecule has 12 heteroatoms. The highest BCUT2D eigenvalue weighted by Gasteiger charge is 2.24. The number of nitrogens with one attached hydrogen (secondary N) is 2. The van der Waals surface area contributed by atoms with E-state index in [4.69, 9.17) is 17.0 Å². The number of rotatable bonds is 6. The van der Waals surface area contributed by atoms with E-state index in [0.29, 0.717) is 5.69 Å². The first-order chi connectivity index (χ1) is 14.8. The topological polar surface area (TPSA) is 140 Å². The zero-order valence-corrected chi connectivity index (χ0v) is 17.3. The standard InChI is InChI=1S/C19H19N5O6S/c1-30-17-7-5-13(23(26)27)11-14(17)20-19(31)21-18(25)12-4-6-15(16(10-12)24(28)29)22-8-2-3-9-22/h4-7,10-11H,2-3,8-9H2,1H3,(H2,20,21,25,31). The van der Waals surface area contributed by atoms with E-state index in [-0.39, 0.29) is 33.5 Å². The smallest absolute Gasteiger partial charge is 0.293 e. The molecule has 2 N–H and O–H groups in total. The molecule has 1 amide bonds. The molecule has 162 valence electrons. The lowest BCUT2D eigenvalue weighted by molar-refractivity contribution is -0.384. The Balaban J connectivity index is 1.76. The van der Waals surface area contributed by atoms with Gasteiger partial charge in [0.1, 0.15) is 11.4 Å². The first-order valence-corrected chi connectivity index (χ1v) is 9.69. The minimum atomic E-state index is -0.655. The van der Waals surface area contributed by atoms with Crippen LogP contribution >= 0.6 is 12.2 Å². The Morgan fingerprint density at radius 1 is 1.10 bits per heavy atom. The number of anilines is 2. The van der Waals surface area contributed by atoms with Crippen LogP contribution in [-0.4, -0.2) is 41.1 Å². The fraction of sp³-hybridized carbons (Fsp3) is 0.263. The number of nitro benzene ring substituents is 2. The molecule has 2 aromatic carbocycles. The maximum absolute atomic E-state index is 12.6. The first-order valence-electron chi connectivity index (χ1n) is 9.28. The fourth-order valence-electron chi connectivity index (χ4n) is 3.27. The van der Waals surface area contributed by atoms with Gasteiger partial charge < -0.3 is 15.0 Å². The third-order valence-electron chi connectivity index (χ3n) is 4.75. The van der Waals surface area contributed by atoms with Crippen LogP contribution in [0.3, 0.4) is 0 Å². The summed E-state index contributed by atoms with van der Waals surface area (Å²) in [6.07, 6.45) is 1.92. The normalized spacial score (nSPS) is 12.9. The van der Waals surface area contributed by atoms with Gasteiger partial charge in [0.2, 0.25) is 0 Å². The molecule has 1 heterocycles. The molecule has 11 nitrogen and oxygen atoms in total. The summed E-state index contributed by atoms with van der Waals surface area (Å²) < 4.78 is 5.14. The molecule has 31 heavy (non-hydrogen) atoms. The second-order valence-corrected chi connectivity index (χ2v) is 7.11. The second-order valence-electron chi connectivity index (χ2n) is 6.70. The predicted molar refractivity (Wildman–Crippen MR) is 118 cm³/mol. The van der Waals surface area contributed by atoms with Crippen molar-refractivity contribution < 1.29 is 19.4 Å². The number of hydrogen-bond donors (Lipinski definition) is 2. The molecule has 2 aromatic rings. The van der Waals surface area contributed by atoms with Crippen molar-refractivity contribution in [3.8, 4) is 5.75 Å². The number of non-ortho nitro benzene ring substituents is 1. The lowest BCUT2D eigenvalue weighted by Gasteiger charge is -2.18. The highest BCUT2D eigenvalue weighted by Crippen LogP contribution is 2.32. The molecule has 0 aromatic heterocycles. The summed E-state index contributed by atoms with van der Waals surface area (Å²) in [5.41, 5.74) is 0.377. The Morgan fingerprint density at radius 2 is 1.81 bits per heavy atom. The molecule has 0 unspecified atom stereocenters. The summed E-state index contributed by atoms with van der Waals surface area (Å²) in [7, 11) is 1.38. The van der Waals surface area contributed by atoms with Crippen LogP contribution in [0, 0.1) is 20.2 Å². The molecule has 1 fully saturated rings. The Morgan fingerprint density at radius 3 is 2.42 bits per heavy atom. The summed E-state index contributed by atoms with van der Waals surface area (Å²) in [5.74, 6) is -0.370. The Bertz CT molecular complexity index is 1050. The van der Waals surface area contributed by atoms with Crippen molar-refractivity contribution in [2.75, 3.05) is 30.4 Å². The highest BCUT2D eigenvalue weighted by molar-refractivity contribution is 7.80. The van der Waals surface area contributed by atoms with Crippen molar-refractivity contribution in [3.05, 3.63) is 62.2 Å². The number of benzene rings is 2. The zero-order valence-electron chi connectivity index (χ0n) is 16.5. The quantitative estimate of drug-likeness (QED) is 0.389. The van der Waals surface area contributed by atoms with E-state index >= 15 is 0 Å². The van der Waals surface area contributed by atoms with Crippen molar-refractivity contribution in [2.45, 2.75) is 12.8 Å². The van der Waals surface area contributed by atoms with Crippen LogP contribution < -0.4 is 20.3 Å². The molecule has 1 saturated heterocycles. The molecule has 0 aliphatic carbocycles. The monoisotopic (exact) mass is 445 g/mol. The fourth-order valence-corrected chi connectivity index (χ4v) is 3.48. The van der Waals surface area contributed by atoms with Crippen LogP contribution in [0.1, 0.15) is 23.2 Å². The van der Waals surface area contributed by atoms with Gasteiger partial charge in [-0.2, -0.15) is 0 Å². The summed E-state index contributed by atoms with van der Waals surface area (Å²) in [5, 5.41) is 27.5. The van der Waals surface area contributed by atoms with Gasteiger partial charge >= 0.3 is 0 Å². The summed E-state index contributed by atoms with van der Waals surface area (Å²) in [6, 6.07) is 8.13. The number of amides is 1. The van der Waals surface area contributed by atoms with Gasteiger partial charge in [0.05, 0.1) is 22.6 Å². The number of ether oxygens (including phenoxy) is 1. The molecule has 0 atom stereocenters. The summed E-state index contributed by atoms with van der Waals surface area (Å²) >= 11 is 5.12. The maximum atomic E-state index is 12.6. The molecule has 3 rings (SSSR count). The number of nitrogens with zero attached hydrogens (tertiary/aromatic N) is 3. The van der Waals surface area contributed by atoms with Crippen LogP contribution in [0.4, 0.5) is 22.7 Å². The third kappa shape index (κ3) is 5.04. The van der Waals surface area contributed by atoms with Crippen molar-refractivity contribution in [1.82, 2.24) is 5.32 Å². The molecular weight excluding hydrogens is 426 g/mol. The SMILES string of the molecule is COc1ccc([N+](=O)[O-])cc1NC(=S)NC(=O)c1ccc(N2CCCC2)c([N+](=O)[O-])c1. The van der Waals surface area contributed by atoms with Crippen LogP contribution in [-0.2, 0) is 0 Å². The van der Waals surface area contributed by atoms with Gasteiger partial charge in [0, 0.05) is 36.9 Å². The van der Waals surface area contributed by atoms with Gasteiger partial charge in [-0.3, -0.25) is 30.3 Å². The van der Waals surface area contributed by atoms with Gasteiger partial charge in [-0.1, -0.05) is 0 Å². The third-order valence-corrected chi connectivity index (χ3v) is 4.95. The van der Waals surface area contributed by atoms with E-state index in [1.54, 1.807) is 6.07 Å². The minimum absolute atomic E-state index is 0.0600. The van der Waals surface area contributed by atoms with Crippen molar-refractivity contribution in [3.63, 3.8) is 0 Å². The molecule has 0 radical (unpaired) electrons. The van der Waals surface area contributed by atoms with Gasteiger partial charge in [-0.25, -0.2) is 0 Å². The van der Waals surface area contributed by atoms with Gasteiger partial charge in [-0.05, 0) is 43.3 Å². The Hall–Kier alpha value is -3.80. The van der Waals surface area contributed by atoms with Crippen molar-refractivity contribution in [1.29, 1.82) is 0 Å². The van der Waals surface area contributed by atoms with Gasteiger partial charge in [0.25, 0.3) is 17.3 Å². The van der Waals surface area contributed by atoms with E-state index < -0.39 is 15.8 Å². The average molecular weight is 445 g/mol. The van der Waals surface area contributed by atoms with Crippen molar-refractivity contribution >= 4 is 46.0 Å². The van der Waals surface area contributed by atoms with Crippen LogP contribution in [0.25, 0.3) is 0 Å². The number of carbonyl (C=O) groups is 1. The van der Waals surface area contributed by atoms with Gasteiger partial charge in [0.15, 0.2) is 5.11 Å². The van der Waals surface area contributed by atoms with Crippen LogP contribution in [0.2, 0.25) is 0 Å². The average Bonchev–Trinajstić information content (AvgIpc) is 3.27. The molecule has 0 bridgehead atoms. The lowest BCUT2D eigenvalue weighted by Crippen LogP contribution is -2.34. The zero-order chi connectivity index (χ0) is 22.5. The highest BCUT2D eigenvalue weighted by atomic mass is 32.1. The van der Waals surface area contributed by atoms with E-state index in [1.165, 1.54) is 37.4 Å². The van der Waals surface area contributed by atoms with E-state index in [9.17, 15) is 25.0 Å². The Labute approximate surface area is 182 Å². The maximum Gasteiger partial charge on any atom is 0.293 e. The van der Waals surface area contributed by atoms with Crippen LogP contribution in [0.5, 0.6) is 5.75 Å². The van der Waals surface area contributed by atoms with Crippen molar-refractivity contribution in [2.24, 2.45) is 0 Å². The molecular formula is C19H19N5O6S. The lowest BCUT2D eigenvalue weighted by atomic mass is 10.1. The molecule has 1 aliphatic rings. The van der Waals surface area contributed by atoms with Crippen LogP contribution in [0.15, 0.2) is 36.4 Å². The number of methoxy groups -OCH3 is 1. The van der Waals surface area contributed by atoms with Gasteiger partial charge in [-0.15, -0.1) is 0 Å². The molecule has 0 spiro atoms.